The third-order valence-corrected chi connectivity index (χ3v) is 3.24. The Bertz CT molecular complexity index is 594. The molecule has 0 fully saturated rings. The monoisotopic (exact) mass is 326 g/mol. The predicted octanol–water partition coefficient (Wildman–Crippen LogP) is 2.71. The normalized spacial score (nSPS) is 11.1. The first kappa shape index (κ1) is 13.0. The standard InChI is InChI=1S/C10H12BrN6P/c1-13-10-8(9(12)16-17-10)15-14-6-4-5(11)2-3-7(6)18/h2-4H,18H2,1H3,(H4,12,13,16,17). The van der Waals surface area contributed by atoms with Gasteiger partial charge in [-0.2, -0.15) is 5.10 Å². The third kappa shape index (κ3) is 2.68. The zero-order valence-electron chi connectivity index (χ0n) is 9.61. The van der Waals surface area contributed by atoms with E-state index in [1.807, 2.05) is 18.2 Å². The lowest BCUT2D eigenvalue weighted by Gasteiger charge is -1.99. The minimum Gasteiger partial charge on any atom is -0.382 e. The Hall–Kier alpha value is -1.46. The van der Waals surface area contributed by atoms with Crippen molar-refractivity contribution in [3.05, 3.63) is 22.7 Å². The maximum atomic E-state index is 5.72. The number of nitrogens with two attached hydrogens (primary N) is 1. The van der Waals surface area contributed by atoms with Crippen molar-refractivity contribution in [2.75, 3.05) is 18.1 Å². The summed E-state index contributed by atoms with van der Waals surface area (Å²) in [4.78, 5) is 0. The molecule has 0 spiro atoms. The number of benzene rings is 1. The van der Waals surface area contributed by atoms with Crippen molar-refractivity contribution in [3.63, 3.8) is 0 Å². The van der Waals surface area contributed by atoms with Gasteiger partial charge in [-0.1, -0.05) is 22.0 Å². The van der Waals surface area contributed by atoms with Crippen LogP contribution in [-0.4, -0.2) is 17.2 Å². The summed E-state index contributed by atoms with van der Waals surface area (Å²) in [6, 6.07) is 5.74. The van der Waals surface area contributed by atoms with E-state index in [2.05, 4.69) is 50.9 Å². The molecule has 18 heavy (non-hydrogen) atoms. The zero-order valence-corrected chi connectivity index (χ0v) is 12.3. The second-order valence-electron chi connectivity index (χ2n) is 3.49. The second-order valence-corrected chi connectivity index (χ2v) is 5.03. The summed E-state index contributed by atoms with van der Waals surface area (Å²) in [7, 11) is 4.35. The van der Waals surface area contributed by atoms with Gasteiger partial charge < -0.3 is 11.1 Å². The van der Waals surface area contributed by atoms with Gasteiger partial charge >= 0.3 is 0 Å². The van der Waals surface area contributed by atoms with E-state index in [1.54, 1.807) is 7.05 Å². The molecule has 0 saturated carbocycles. The van der Waals surface area contributed by atoms with E-state index in [1.165, 1.54) is 0 Å². The number of nitrogens with zero attached hydrogens (tertiary/aromatic N) is 3. The lowest BCUT2D eigenvalue weighted by Crippen LogP contribution is -1.90. The molecule has 0 saturated heterocycles. The Labute approximate surface area is 115 Å². The first-order valence-corrected chi connectivity index (χ1v) is 6.47. The molecule has 1 aromatic carbocycles. The summed E-state index contributed by atoms with van der Waals surface area (Å²) in [5, 5.41) is 18.7. The van der Waals surface area contributed by atoms with Crippen molar-refractivity contribution in [3.8, 4) is 0 Å². The van der Waals surface area contributed by atoms with E-state index >= 15 is 0 Å². The van der Waals surface area contributed by atoms with Crippen LogP contribution in [0.1, 0.15) is 0 Å². The van der Waals surface area contributed by atoms with Crippen molar-refractivity contribution in [2.24, 2.45) is 10.2 Å². The number of halogens is 1. The van der Waals surface area contributed by atoms with Crippen LogP contribution in [0.5, 0.6) is 0 Å². The molecular weight excluding hydrogens is 315 g/mol. The molecule has 1 unspecified atom stereocenters. The van der Waals surface area contributed by atoms with Gasteiger partial charge in [-0.3, -0.25) is 5.10 Å². The average molecular weight is 327 g/mol. The molecule has 6 nitrogen and oxygen atoms in total. The first-order chi connectivity index (χ1) is 8.61. The third-order valence-electron chi connectivity index (χ3n) is 2.25. The Balaban J connectivity index is 2.35. The molecular formula is C10H12BrN6P. The van der Waals surface area contributed by atoms with Gasteiger partial charge in [-0.25, -0.2) is 0 Å². The number of hydrogen-bond donors (Lipinski definition) is 3. The van der Waals surface area contributed by atoms with E-state index in [9.17, 15) is 0 Å². The number of aromatic nitrogens is 2. The van der Waals surface area contributed by atoms with Gasteiger partial charge in [0.05, 0.1) is 5.69 Å². The summed E-state index contributed by atoms with van der Waals surface area (Å²) >= 11 is 3.39. The molecule has 0 amide bonds. The van der Waals surface area contributed by atoms with Crippen LogP contribution in [0.3, 0.4) is 0 Å². The van der Waals surface area contributed by atoms with Gasteiger partial charge in [0.2, 0.25) is 0 Å². The summed E-state index contributed by atoms with van der Waals surface area (Å²) in [5.74, 6) is 0.944. The maximum absolute atomic E-state index is 5.72. The molecule has 1 aromatic heterocycles. The van der Waals surface area contributed by atoms with Crippen LogP contribution >= 0.6 is 25.2 Å². The number of nitrogens with one attached hydrogen (secondary N) is 2. The van der Waals surface area contributed by atoms with Crippen molar-refractivity contribution in [1.29, 1.82) is 0 Å². The molecule has 0 aliphatic heterocycles. The lowest BCUT2D eigenvalue weighted by molar-refractivity contribution is 1.10. The van der Waals surface area contributed by atoms with Crippen LogP contribution in [0.4, 0.5) is 23.0 Å². The van der Waals surface area contributed by atoms with Gasteiger partial charge in [0.25, 0.3) is 0 Å². The molecule has 2 aromatic rings. The van der Waals surface area contributed by atoms with Crippen molar-refractivity contribution in [1.82, 2.24) is 10.2 Å². The highest BCUT2D eigenvalue weighted by Gasteiger charge is 2.08. The number of nitrogen functional groups attached to an aromatic ring is 1. The zero-order chi connectivity index (χ0) is 13.1. The number of azo groups is 1. The van der Waals surface area contributed by atoms with Crippen LogP contribution in [0.25, 0.3) is 0 Å². The largest absolute Gasteiger partial charge is 0.382 e. The van der Waals surface area contributed by atoms with E-state index in [4.69, 9.17) is 5.73 Å². The number of H-pyrrole nitrogens is 1. The smallest absolute Gasteiger partial charge is 0.177 e. The van der Waals surface area contributed by atoms with E-state index in [0.717, 1.165) is 15.5 Å². The first-order valence-electron chi connectivity index (χ1n) is 5.10. The lowest BCUT2D eigenvalue weighted by atomic mass is 10.3. The summed E-state index contributed by atoms with van der Waals surface area (Å²) < 4.78 is 0.941. The fraction of sp³-hybridized carbons (Fsp3) is 0.100. The maximum Gasteiger partial charge on any atom is 0.177 e. The van der Waals surface area contributed by atoms with Crippen LogP contribution in [0.15, 0.2) is 32.9 Å². The van der Waals surface area contributed by atoms with Crippen LogP contribution < -0.4 is 16.4 Å². The fourth-order valence-electron chi connectivity index (χ4n) is 1.33. The summed E-state index contributed by atoms with van der Waals surface area (Å²) in [6.07, 6.45) is 0. The van der Waals surface area contributed by atoms with Gasteiger partial charge in [0, 0.05) is 11.5 Å². The molecule has 0 radical (unpaired) electrons. The number of hydrogen-bond acceptors (Lipinski definition) is 5. The molecule has 1 atom stereocenters. The molecule has 94 valence electrons. The predicted molar refractivity (Wildman–Crippen MR) is 80.2 cm³/mol. The second kappa shape index (κ2) is 5.46. The van der Waals surface area contributed by atoms with Crippen LogP contribution in [0.2, 0.25) is 0 Å². The SMILES string of the molecule is CNc1n[nH]c(N)c1N=Nc1cc(Br)ccc1P. The minimum absolute atomic E-state index is 0.378. The van der Waals surface area contributed by atoms with Crippen LogP contribution in [-0.2, 0) is 0 Å². The molecule has 0 bridgehead atoms. The molecule has 2 rings (SSSR count). The van der Waals surface area contributed by atoms with E-state index in [0.29, 0.717) is 17.3 Å². The topological polar surface area (TPSA) is 91.5 Å². The summed E-state index contributed by atoms with van der Waals surface area (Å²) in [6.45, 7) is 0. The highest BCUT2D eigenvalue weighted by molar-refractivity contribution is 9.10. The quantitative estimate of drug-likeness (QED) is 0.598. The number of rotatable bonds is 3. The summed E-state index contributed by atoms with van der Waals surface area (Å²) in [5.41, 5.74) is 6.97. The van der Waals surface area contributed by atoms with Crippen molar-refractivity contribution in [2.45, 2.75) is 0 Å². The fourth-order valence-corrected chi connectivity index (χ4v) is 1.92. The minimum atomic E-state index is 0.378. The highest BCUT2D eigenvalue weighted by atomic mass is 79.9. The Kier molecular flexibility index (Phi) is 3.93. The molecule has 4 N–H and O–H groups in total. The van der Waals surface area contributed by atoms with Crippen LogP contribution in [0, 0.1) is 0 Å². The van der Waals surface area contributed by atoms with E-state index in [-0.39, 0.29) is 0 Å². The van der Waals surface area contributed by atoms with Crippen molar-refractivity contribution >= 4 is 53.5 Å². The average Bonchev–Trinajstić information content (AvgIpc) is 2.71. The van der Waals surface area contributed by atoms with Gasteiger partial charge in [-0.05, 0) is 17.4 Å². The molecule has 0 aliphatic carbocycles. The molecule has 0 aliphatic rings. The van der Waals surface area contributed by atoms with E-state index < -0.39 is 0 Å². The van der Waals surface area contributed by atoms with Gasteiger partial charge in [-0.15, -0.1) is 19.5 Å². The number of anilines is 2. The molecule has 8 heteroatoms. The Morgan fingerprint density at radius 2 is 2.22 bits per heavy atom. The van der Waals surface area contributed by atoms with Gasteiger partial charge in [0.15, 0.2) is 11.5 Å². The van der Waals surface area contributed by atoms with Gasteiger partial charge in [0.1, 0.15) is 5.82 Å². The number of aromatic amines is 1. The molecule has 1 heterocycles. The Morgan fingerprint density at radius 3 is 2.94 bits per heavy atom. The van der Waals surface area contributed by atoms with Crippen molar-refractivity contribution < 1.29 is 0 Å². The Morgan fingerprint density at radius 1 is 1.44 bits per heavy atom. The highest BCUT2D eigenvalue weighted by Crippen LogP contribution is 2.30.